The quantitative estimate of drug-likeness (QED) is 0.603. The van der Waals surface area contributed by atoms with E-state index in [0.717, 1.165) is 5.75 Å². The van der Waals surface area contributed by atoms with Crippen LogP contribution in [0.2, 0.25) is 0 Å². The Morgan fingerprint density at radius 3 is 2.43 bits per heavy atom. The lowest BCUT2D eigenvalue weighted by atomic mass is 10.2. The van der Waals surface area contributed by atoms with E-state index in [-0.39, 0.29) is 6.16 Å². The molecule has 2 N–H and O–H groups in total. The molecular formula is C9H13O3PS. The molecule has 1 rings (SSSR count). The van der Waals surface area contributed by atoms with E-state index in [4.69, 9.17) is 9.79 Å². The SMILES string of the molecule is O=P(O)(O)CCSCc1ccccc1. The van der Waals surface area contributed by atoms with Crippen LogP contribution in [0.3, 0.4) is 0 Å². The van der Waals surface area contributed by atoms with Gasteiger partial charge in [0.25, 0.3) is 0 Å². The van der Waals surface area contributed by atoms with Crippen LogP contribution in [-0.4, -0.2) is 21.7 Å². The van der Waals surface area contributed by atoms with Gasteiger partial charge in [0.1, 0.15) is 0 Å². The van der Waals surface area contributed by atoms with Gasteiger partial charge in [-0.05, 0) is 5.56 Å². The van der Waals surface area contributed by atoms with Gasteiger partial charge in [0.05, 0.1) is 6.16 Å². The molecule has 0 unspecified atom stereocenters. The van der Waals surface area contributed by atoms with Crippen LogP contribution in [0.15, 0.2) is 30.3 Å². The highest BCUT2D eigenvalue weighted by molar-refractivity contribution is 7.98. The molecular weight excluding hydrogens is 219 g/mol. The Morgan fingerprint density at radius 2 is 1.86 bits per heavy atom. The summed E-state index contributed by atoms with van der Waals surface area (Å²) in [5.41, 5.74) is 1.18. The summed E-state index contributed by atoms with van der Waals surface area (Å²) in [6.07, 6.45) is -0.0372. The minimum atomic E-state index is -3.81. The maximum atomic E-state index is 10.5. The lowest BCUT2D eigenvalue weighted by Crippen LogP contribution is -1.91. The predicted octanol–water partition coefficient (Wildman–Crippen LogP) is 2.10. The zero-order valence-corrected chi connectivity index (χ0v) is 9.38. The summed E-state index contributed by atoms with van der Waals surface area (Å²) >= 11 is 1.54. The minimum absolute atomic E-state index is 0.0372. The molecule has 0 atom stereocenters. The maximum absolute atomic E-state index is 10.5. The molecule has 0 amide bonds. The second kappa shape index (κ2) is 5.56. The number of hydrogen-bond donors (Lipinski definition) is 2. The predicted molar refractivity (Wildman–Crippen MR) is 59.5 cm³/mol. The van der Waals surface area contributed by atoms with E-state index >= 15 is 0 Å². The maximum Gasteiger partial charge on any atom is 0.326 e. The molecule has 0 aromatic heterocycles. The molecule has 5 heteroatoms. The van der Waals surface area contributed by atoms with Gasteiger partial charge in [-0.2, -0.15) is 11.8 Å². The summed E-state index contributed by atoms with van der Waals surface area (Å²) in [5, 5.41) is 0. The van der Waals surface area contributed by atoms with Crippen molar-refractivity contribution in [2.75, 3.05) is 11.9 Å². The van der Waals surface area contributed by atoms with E-state index in [1.807, 2.05) is 30.3 Å². The van der Waals surface area contributed by atoms with Crippen molar-refractivity contribution in [3.8, 4) is 0 Å². The fraction of sp³-hybridized carbons (Fsp3) is 0.333. The number of hydrogen-bond acceptors (Lipinski definition) is 2. The van der Waals surface area contributed by atoms with Gasteiger partial charge in [-0.15, -0.1) is 0 Å². The van der Waals surface area contributed by atoms with Crippen molar-refractivity contribution >= 4 is 19.4 Å². The monoisotopic (exact) mass is 232 g/mol. The van der Waals surface area contributed by atoms with Gasteiger partial charge in [-0.25, -0.2) is 0 Å². The van der Waals surface area contributed by atoms with Gasteiger partial charge >= 0.3 is 7.60 Å². The van der Waals surface area contributed by atoms with Crippen LogP contribution in [0.4, 0.5) is 0 Å². The Hall–Kier alpha value is -0.280. The number of benzene rings is 1. The molecule has 0 spiro atoms. The second-order valence-electron chi connectivity index (χ2n) is 2.93. The molecule has 0 saturated carbocycles. The smallest absolute Gasteiger partial charge is 0.324 e. The molecule has 3 nitrogen and oxygen atoms in total. The normalized spacial score (nSPS) is 11.6. The molecule has 1 aromatic carbocycles. The Bertz CT molecular complexity index is 309. The van der Waals surface area contributed by atoms with Crippen LogP contribution in [0, 0.1) is 0 Å². The molecule has 0 aliphatic carbocycles. The van der Waals surface area contributed by atoms with E-state index in [1.54, 1.807) is 11.8 Å². The Labute approximate surface area is 87.7 Å². The van der Waals surface area contributed by atoms with Crippen molar-refractivity contribution in [2.24, 2.45) is 0 Å². The van der Waals surface area contributed by atoms with Crippen LogP contribution in [0.25, 0.3) is 0 Å². The molecule has 78 valence electrons. The summed E-state index contributed by atoms with van der Waals surface area (Å²) in [6.45, 7) is 0. The second-order valence-corrected chi connectivity index (χ2v) is 5.81. The highest BCUT2D eigenvalue weighted by atomic mass is 32.2. The summed E-state index contributed by atoms with van der Waals surface area (Å²) in [4.78, 5) is 17.2. The Kier molecular flexibility index (Phi) is 4.69. The lowest BCUT2D eigenvalue weighted by molar-refractivity contribution is 0.375. The zero-order valence-electron chi connectivity index (χ0n) is 7.67. The van der Waals surface area contributed by atoms with Gasteiger partial charge < -0.3 is 9.79 Å². The van der Waals surface area contributed by atoms with Crippen LogP contribution in [0.1, 0.15) is 5.56 Å². The molecule has 0 aliphatic rings. The van der Waals surface area contributed by atoms with Crippen molar-refractivity contribution in [3.05, 3.63) is 35.9 Å². The standard InChI is InChI=1S/C9H13O3PS/c10-13(11,12)6-7-14-8-9-4-2-1-3-5-9/h1-5H,6-8H2,(H2,10,11,12). The van der Waals surface area contributed by atoms with Crippen LogP contribution < -0.4 is 0 Å². The number of rotatable bonds is 5. The first kappa shape index (κ1) is 11.8. The highest BCUT2D eigenvalue weighted by Crippen LogP contribution is 2.35. The van der Waals surface area contributed by atoms with E-state index in [1.165, 1.54) is 5.56 Å². The third kappa shape index (κ3) is 5.45. The van der Waals surface area contributed by atoms with Crippen molar-refractivity contribution in [3.63, 3.8) is 0 Å². The molecule has 0 radical (unpaired) electrons. The first-order chi connectivity index (χ1) is 6.58. The topological polar surface area (TPSA) is 57.5 Å². The summed E-state index contributed by atoms with van der Waals surface area (Å²) < 4.78 is 10.5. The summed E-state index contributed by atoms with van der Waals surface area (Å²) in [5.74, 6) is 1.31. The Morgan fingerprint density at radius 1 is 1.21 bits per heavy atom. The van der Waals surface area contributed by atoms with E-state index in [9.17, 15) is 4.57 Å². The molecule has 0 fully saturated rings. The summed E-state index contributed by atoms with van der Waals surface area (Å²) in [6, 6.07) is 9.87. The average Bonchev–Trinajstić information content (AvgIpc) is 2.13. The minimum Gasteiger partial charge on any atom is -0.324 e. The van der Waals surface area contributed by atoms with Gasteiger partial charge in [0, 0.05) is 11.5 Å². The van der Waals surface area contributed by atoms with E-state index in [2.05, 4.69) is 0 Å². The van der Waals surface area contributed by atoms with Crippen molar-refractivity contribution in [2.45, 2.75) is 5.75 Å². The van der Waals surface area contributed by atoms with E-state index < -0.39 is 7.60 Å². The first-order valence-corrected chi connectivity index (χ1v) is 7.19. The van der Waals surface area contributed by atoms with Crippen LogP contribution >= 0.6 is 19.4 Å². The van der Waals surface area contributed by atoms with Crippen molar-refractivity contribution < 1.29 is 14.4 Å². The Balaban J connectivity index is 2.20. The zero-order chi connectivity index (χ0) is 10.4. The largest absolute Gasteiger partial charge is 0.326 e. The van der Waals surface area contributed by atoms with Gasteiger partial charge in [-0.1, -0.05) is 30.3 Å². The molecule has 0 heterocycles. The van der Waals surface area contributed by atoms with Crippen LogP contribution in [0.5, 0.6) is 0 Å². The highest BCUT2D eigenvalue weighted by Gasteiger charge is 2.11. The van der Waals surface area contributed by atoms with Crippen molar-refractivity contribution in [1.82, 2.24) is 0 Å². The van der Waals surface area contributed by atoms with Gasteiger partial charge in [0.15, 0.2) is 0 Å². The first-order valence-electron chi connectivity index (χ1n) is 4.24. The van der Waals surface area contributed by atoms with Gasteiger partial charge in [0.2, 0.25) is 0 Å². The summed E-state index contributed by atoms with van der Waals surface area (Å²) in [7, 11) is -3.81. The third-order valence-electron chi connectivity index (χ3n) is 1.64. The molecule has 0 bridgehead atoms. The van der Waals surface area contributed by atoms with E-state index in [0.29, 0.717) is 5.75 Å². The van der Waals surface area contributed by atoms with Gasteiger partial charge in [-0.3, -0.25) is 4.57 Å². The molecule has 0 aliphatic heterocycles. The fourth-order valence-corrected chi connectivity index (χ4v) is 2.99. The van der Waals surface area contributed by atoms with Crippen molar-refractivity contribution in [1.29, 1.82) is 0 Å². The molecule has 14 heavy (non-hydrogen) atoms. The van der Waals surface area contributed by atoms with Crippen LogP contribution in [-0.2, 0) is 10.3 Å². The lowest BCUT2D eigenvalue weighted by Gasteiger charge is -2.03. The molecule has 1 aromatic rings. The molecule has 0 saturated heterocycles. The number of thioether (sulfide) groups is 1. The fourth-order valence-electron chi connectivity index (χ4n) is 0.948. The average molecular weight is 232 g/mol. The third-order valence-corrected chi connectivity index (χ3v) is 3.78.